The van der Waals surface area contributed by atoms with Gasteiger partial charge in [0.1, 0.15) is 0 Å². The molecule has 23 heavy (non-hydrogen) atoms. The molecule has 0 aliphatic rings. The summed E-state index contributed by atoms with van der Waals surface area (Å²) in [5.41, 5.74) is 2.64. The van der Waals surface area contributed by atoms with Crippen molar-refractivity contribution in [1.82, 2.24) is 18.7 Å². The first kappa shape index (κ1) is 15.6. The van der Waals surface area contributed by atoms with Gasteiger partial charge in [-0.15, -0.1) is 0 Å². The largest absolute Gasteiger partial charge is 0.332 e. The third-order valence-electron chi connectivity index (χ3n) is 4.05. The van der Waals surface area contributed by atoms with Gasteiger partial charge in [0.05, 0.1) is 0 Å². The zero-order chi connectivity index (χ0) is 16.7. The van der Waals surface area contributed by atoms with Crippen molar-refractivity contribution < 1.29 is 0 Å². The topological polar surface area (TPSA) is 61.8 Å². The normalized spacial score (nSPS) is 11.3. The molecule has 0 spiro atoms. The highest BCUT2D eigenvalue weighted by Crippen LogP contribution is 2.25. The van der Waals surface area contributed by atoms with Gasteiger partial charge in [0.15, 0.2) is 16.3 Å². The molecule has 3 rings (SSSR count). The van der Waals surface area contributed by atoms with E-state index < -0.39 is 0 Å². The van der Waals surface area contributed by atoms with E-state index in [2.05, 4.69) is 24.0 Å². The van der Waals surface area contributed by atoms with E-state index in [9.17, 15) is 9.59 Å². The number of nitrogens with zero attached hydrogens (tertiary/aromatic N) is 4. The van der Waals surface area contributed by atoms with Gasteiger partial charge in [0.2, 0.25) is 0 Å². The maximum absolute atomic E-state index is 12.3. The van der Waals surface area contributed by atoms with E-state index in [1.807, 2.05) is 12.1 Å². The summed E-state index contributed by atoms with van der Waals surface area (Å²) < 4.78 is 4.29. The standard InChI is InChI=1S/C16H18N4O2S/c1-10-7-5-6-8-11(10)9-23-15-17-13-12(18(15)2)14(21)20(4)16(22)19(13)3/h5-8H,9H2,1-4H3. The van der Waals surface area contributed by atoms with Crippen LogP contribution in [0.3, 0.4) is 0 Å². The van der Waals surface area contributed by atoms with Crippen molar-refractivity contribution in [2.45, 2.75) is 17.8 Å². The molecule has 0 unspecified atom stereocenters. The molecular weight excluding hydrogens is 312 g/mol. The lowest BCUT2D eigenvalue weighted by atomic mass is 10.1. The molecule has 2 aromatic heterocycles. The number of benzene rings is 1. The van der Waals surface area contributed by atoms with E-state index in [1.54, 1.807) is 30.4 Å². The summed E-state index contributed by atoms with van der Waals surface area (Å²) in [6.45, 7) is 2.07. The van der Waals surface area contributed by atoms with Crippen molar-refractivity contribution in [2.75, 3.05) is 0 Å². The molecule has 0 radical (unpaired) electrons. The van der Waals surface area contributed by atoms with Crippen LogP contribution in [0.1, 0.15) is 11.1 Å². The number of hydrogen-bond acceptors (Lipinski definition) is 4. The lowest BCUT2D eigenvalue weighted by molar-refractivity contribution is 0.705. The van der Waals surface area contributed by atoms with Gasteiger partial charge in [-0.2, -0.15) is 0 Å². The molecule has 120 valence electrons. The molecule has 0 aliphatic heterocycles. The minimum atomic E-state index is -0.365. The maximum Gasteiger partial charge on any atom is 0.332 e. The number of fused-ring (bicyclic) bond motifs is 1. The Morgan fingerprint density at radius 1 is 1.04 bits per heavy atom. The molecular formula is C16H18N4O2S. The Morgan fingerprint density at radius 2 is 1.74 bits per heavy atom. The molecule has 0 saturated heterocycles. The molecule has 1 aromatic carbocycles. The second kappa shape index (κ2) is 5.73. The highest BCUT2D eigenvalue weighted by molar-refractivity contribution is 7.98. The number of imidazole rings is 1. The van der Waals surface area contributed by atoms with Crippen molar-refractivity contribution >= 4 is 22.9 Å². The number of hydrogen-bond donors (Lipinski definition) is 0. The summed E-state index contributed by atoms with van der Waals surface area (Å²) in [6, 6.07) is 8.18. The minimum Gasteiger partial charge on any atom is -0.316 e. The zero-order valence-electron chi connectivity index (χ0n) is 13.5. The van der Waals surface area contributed by atoms with Gasteiger partial charge in [0.25, 0.3) is 5.56 Å². The van der Waals surface area contributed by atoms with E-state index in [0.717, 1.165) is 15.5 Å². The fourth-order valence-corrected chi connectivity index (χ4v) is 3.59. The monoisotopic (exact) mass is 330 g/mol. The molecule has 3 aromatic rings. The molecule has 0 amide bonds. The van der Waals surface area contributed by atoms with Crippen molar-refractivity contribution in [3.05, 3.63) is 56.2 Å². The lowest BCUT2D eigenvalue weighted by Crippen LogP contribution is -2.37. The summed E-state index contributed by atoms with van der Waals surface area (Å²) in [4.78, 5) is 28.9. The van der Waals surface area contributed by atoms with Crippen LogP contribution in [0.2, 0.25) is 0 Å². The van der Waals surface area contributed by atoms with Crippen LogP contribution in [-0.2, 0) is 26.9 Å². The third kappa shape index (κ3) is 2.50. The number of aromatic nitrogens is 4. The Hall–Kier alpha value is -2.28. The molecule has 2 heterocycles. The van der Waals surface area contributed by atoms with Crippen LogP contribution in [-0.4, -0.2) is 18.7 Å². The van der Waals surface area contributed by atoms with Crippen LogP contribution < -0.4 is 11.2 Å². The van der Waals surface area contributed by atoms with Crippen molar-refractivity contribution in [1.29, 1.82) is 0 Å². The first-order valence-corrected chi connectivity index (χ1v) is 8.20. The van der Waals surface area contributed by atoms with Gasteiger partial charge in [-0.3, -0.25) is 13.9 Å². The number of thioether (sulfide) groups is 1. The Morgan fingerprint density at radius 3 is 2.43 bits per heavy atom. The van der Waals surface area contributed by atoms with Gasteiger partial charge in [-0.05, 0) is 18.1 Å². The summed E-state index contributed by atoms with van der Waals surface area (Å²) >= 11 is 1.56. The average molecular weight is 330 g/mol. The highest BCUT2D eigenvalue weighted by Gasteiger charge is 2.17. The molecule has 0 N–H and O–H groups in total. The van der Waals surface area contributed by atoms with Crippen LogP contribution in [0.4, 0.5) is 0 Å². The second-order valence-corrected chi connectivity index (χ2v) is 6.49. The zero-order valence-corrected chi connectivity index (χ0v) is 14.3. The third-order valence-corrected chi connectivity index (χ3v) is 5.13. The van der Waals surface area contributed by atoms with Crippen molar-refractivity contribution in [3.8, 4) is 0 Å². The fourth-order valence-electron chi connectivity index (χ4n) is 2.54. The summed E-state index contributed by atoms with van der Waals surface area (Å²) in [7, 11) is 4.92. The predicted molar refractivity (Wildman–Crippen MR) is 91.9 cm³/mol. The summed E-state index contributed by atoms with van der Waals surface area (Å²) in [5, 5.41) is 0.724. The number of rotatable bonds is 3. The van der Waals surface area contributed by atoms with E-state index in [-0.39, 0.29) is 11.2 Å². The smallest absolute Gasteiger partial charge is 0.316 e. The molecule has 0 fully saturated rings. The van der Waals surface area contributed by atoms with E-state index >= 15 is 0 Å². The summed E-state index contributed by atoms with van der Waals surface area (Å²) in [5.74, 6) is 0.762. The van der Waals surface area contributed by atoms with Crippen molar-refractivity contribution in [3.63, 3.8) is 0 Å². The minimum absolute atomic E-state index is 0.319. The molecule has 0 bridgehead atoms. The van der Waals surface area contributed by atoms with E-state index in [1.165, 1.54) is 22.7 Å². The Balaban J connectivity index is 2.07. The van der Waals surface area contributed by atoms with Crippen LogP contribution in [0, 0.1) is 6.92 Å². The second-order valence-electron chi connectivity index (χ2n) is 5.55. The Bertz CT molecular complexity index is 1010. The Kier molecular flexibility index (Phi) is 3.89. The SMILES string of the molecule is Cc1ccccc1CSc1nc2c(c(=O)n(C)c(=O)n2C)n1C. The van der Waals surface area contributed by atoms with E-state index in [4.69, 9.17) is 0 Å². The van der Waals surface area contributed by atoms with Gasteiger partial charge in [-0.1, -0.05) is 36.0 Å². The Labute approximate surface area is 137 Å². The van der Waals surface area contributed by atoms with Crippen LogP contribution >= 0.6 is 11.8 Å². The van der Waals surface area contributed by atoms with Gasteiger partial charge in [-0.25, -0.2) is 9.78 Å². The highest BCUT2D eigenvalue weighted by atomic mass is 32.2. The van der Waals surface area contributed by atoms with Gasteiger partial charge in [0, 0.05) is 26.9 Å². The molecule has 7 heteroatoms. The average Bonchev–Trinajstić information content (AvgIpc) is 2.87. The quantitative estimate of drug-likeness (QED) is 0.684. The predicted octanol–water partition coefficient (Wildman–Crippen LogP) is 1.57. The molecule has 0 saturated carbocycles. The van der Waals surface area contributed by atoms with Crippen LogP contribution in [0.25, 0.3) is 11.2 Å². The van der Waals surface area contributed by atoms with Crippen LogP contribution in [0.15, 0.2) is 39.0 Å². The molecule has 0 atom stereocenters. The van der Waals surface area contributed by atoms with Crippen molar-refractivity contribution in [2.24, 2.45) is 21.1 Å². The molecule has 6 nitrogen and oxygen atoms in total. The molecule has 0 aliphatic carbocycles. The van der Waals surface area contributed by atoms with Gasteiger partial charge >= 0.3 is 5.69 Å². The van der Waals surface area contributed by atoms with Gasteiger partial charge < -0.3 is 4.57 Å². The number of aryl methyl sites for hydroxylation is 3. The maximum atomic E-state index is 12.3. The lowest BCUT2D eigenvalue weighted by Gasteiger charge is -2.05. The fraction of sp³-hybridized carbons (Fsp3) is 0.312. The first-order chi connectivity index (χ1) is 10.9. The van der Waals surface area contributed by atoms with Crippen LogP contribution in [0.5, 0.6) is 0 Å². The first-order valence-electron chi connectivity index (χ1n) is 7.21. The summed E-state index contributed by atoms with van der Waals surface area (Å²) in [6.07, 6.45) is 0. The van der Waals surface area contributed by atoms with E-state index in [0.29, 0.717) is 11.2 Å².